The van der Waals surface area contributed by atoms with Crippen molar-refractivity contribution in [1.29, 1.82) is 0 Å². The van der Waals surface area contributed by atoms with Gasteiger partial charge in [-0.05, 0) is 35.4 Å². The molecule has 0 amide bonds. The van der Waals surface area contributed by atoms with Crippen molar-refractivity contribution in [2.24, 2.45) is 16.1 Å². The van der Waals surface area contributed by atoms with Gasteiger partial charge in [0, 0.05) is 25.9 Å². The van der Waals surface area contributed by atoms with Crippen molar-refractivity contribution in [3.63, 3.8) is 0 Å². The summed E-state index contributed by atoms with van der Waals surface area (Å²) in [6.45, 7) is 10.1. The zero-order valence-corrected chi connectivity index (χ0v) is 13.9. The Hall–Kier alpha value is -1.55. The van der Waals surface area contributed by atoms with Gasteiger partial charge >= 0.3 is 0 Å². The fourth-order valence-electron chi connectivity index (χ4n) is 1.92. The molecule has 0 saturated carbocycles. The minimum absolute atomic E-state index is 0.0854. The van der Waals surface area contributed by atoms with Crippen LogP contribution in [0, 0.1) is 5.41 Å². The van der Waals surface area contributed by atoms with Crippen LogP contribution < -0.4 is 11.1 Å². The molecule has 4 heteroatoms. The standard InChI is InChI=1S/C17H29N3O/c1-13(2)14-7-6-8-15(11-14)20-16(18)19-12-17(3,4)9-10-21-5/h6-8,11,13H,9-10,12H2,1-5H3,(H3,18,19,20). The number of nitrogens with one attached hydrogen (secondary N) is 1. The Labute approximate surface area is 128 Å². The largest absolute Gasteiger partial charge is 0.385 e. The fraction of sp³-hybridized carbons (Fsp3) is 0.588. The van der Waals surface area contributed by atoms with Crippen molar-refractivity contribution in [3.8, 4) is 0 Å². The van der Waals surface area contributed by atoms with Gasteiger partial charge in [-0.15, -0.1) is 0 Å². The molecule has 0 aromatic heterocycles. The van der Waals surface area contributed by atoms with Gasteiger partial charge in [0.2, 0.25) is 0 Å². The number of hydrogen-bond donors (Lipinski definition) is 2. The van der Waals surface area contributed by atoms with E-state index in [4.69, 9.17) is 10.5 Å². The van der Waals surface area contributed by atoms with Crippen LogP contribution in [-0.2, 0) is 4.74 Å². The first-order valence-corrected chi connectivity index (χ1v) is 7.50. The van der Waals surface area contributed by atoms with Crippen LogP contribution in [0.25, 0.3) is 0 Å². The van der Waals surface area contributed by atoms with Gasteiger partial charge in [0.05, 0.1) is 0 Å². The second kappa shape index (κ2) is 8.03. The van der Waals surface area contributed by atoms with Gasteiger partial charge in [-0.2, -0.15) is 0 Å². The Balaban J connectivity index is 2.61. The average molecular weight is 291 g/mol. The normalized spacial score (nSPS) is 12.8. The maximum absolute atomic E-state index is 5.98. The van der Waals surface area contributed by atoms with E-state index in [1.807, 2.05) is 12.1 Å². The first-order chi connectivity index (χ1) is 9.84. The van der Waals surface area contributed by atoms with E-state index in [-0.39, 0.29) is 5.41 Å². The van der Waals surface area contributed by atoms with Crippen molar-refractivity contribution in [3.05, 3.63) is 29.8 Å². The SMILES string of the molecule is COCCC(C)(C)CN=C(N)Nc1cccc(C(C)C)c1. The molecule has 0 bridgehead atoms. The van der Waals surface area contributed by atoms with Crippen molar-refractivity contribution in [2.45, 2.75) is 40.0 Å². The molecule has 0 saturated heterocycles. The van der Waals surface area contributed by atoms with Gasteiger partial charge in [0.15, 0.2) is 5.96 Å². The smallest absolute Gasteiger partial charge is 0.193 e. The second-order valence-corrected chi connectivity index (χ2v) is 6.51. The van der Waals surface area contributed by atoms with Crippen molar-refractivity contribution in [2.75, 3.05) is 25.6 Å². The van der Waals surface area contributed by atoms with Gasteiger partial charge in [-0.3, -0.25) is 4.99 Å². The highest BCUT2D eigenvalue weighted by Crippen LogP contribution is 2.21. The molecule has 4 nitrogen and oxygen atoms in total. The van der Waals surface area contributed by atoms with E-state index in [1.165, 1.54) is 5.56 Å². The van der Waals surface area contributed by atoms with Gasteiger partial charge in [0.25, 0.3) is 0 Å². The average Bonchev–Trinajstić information content (AvgIpc) is 2.43. The third kappa shape index (κ3) is 6.63. The quantitative estimate of drug-likeness (QED) is 0.596. The Bertz CT molecular complexity index is 467. The Kier molecular flexibility index (Phi) is 6.69. The molecule has 0 fully saturated rings. The molecule has 118 valence electrons. The molecule has 21 heavy (non-hydrogen) atoms. The lowest BCUT2D eigenvalue weighted by Gasteiger charge is -2.22. The number of benzene rings is 1. The third-order valence-corrected chi connectivity index (χ3v) is 3.49. The van der Waals surface area contributed by atoms with E-state index in [0.717, 1.165) is 18.7 Å². The first-order valence-electron chi connectivity index (χ1n) is 7.50. The number of hydrogen-bond acceptors (Lipinski definition) is 2. The summed E-state index contributed by atoms with van der Waals surface area (Å²) >= 11 is 0. The predicted octanol–water partition coefficient (Wildman–Crippen LogP) is 3.60. The molecule has 1 aromatic rings. The lowest BCUT2D eigenvalue weighted by Crippen LogP contribution is -2.26. The topological polar surface area (TPSA) is 59.6 Å². The molecule has 0 unspecified atom stereocenters. The third-order valence-electron chi connectivity index (χ3n) is 3.49. The van der Waals surface area contributed by atoms with E-state index in [9.17, 15) is 0 Å². The van der Waals surface area contributed by atoms with Crippen molar-refractivity contribution >= 4 is 11.6 Å². The minimum atomic E-state index is 0.0854. The van der Waals surface area contributed by atoms with Crippen LogP contribution in [0.2, 0.25) is 0 Å². The number of aliphatic imine (C=N–C) groups is 1. The molecule has 0 aliphatic heterocycles. The summed E-state index contributed by atoms with van der Waals surface area (Å²) in [7, 11) is 1.72. The van der Waals surface area contributed by atoms with Gasteiger partial charge in [-0.1, -0.05) is 39.8 Å². The number of ether oxygens (including phenoxy) is 1. The van der Waals surface area contributed by atoms with Crippen LogP contribution in [0.1, 0.15) is 45.6 Å². The zero-order chi connectivity index (χ0) is 15.9. The lowest BCUT2D eigenvalue weighted by atomic mass is 9.90. The highest BCUT2D eigenvalue weighted by Gasteiger charge is 2.17. The van der Waals surface area contributed by atoms with E-state index in [2.05, 4.69) is 50.1 Å². The van der Waals surface area contributed by atoms with E-state index in [1.54, 1.807) is 7.11 Å². The second-order valence-electron chi connectivity index (χ2n) is 6.51. The maximum atomic E-state index is 5.98. The summed E-state index contributed by atoms with van der Waals surface area (Å²) in [5, 5.41) is 3.16. The number of anilines is 1. The van der Waals surface area contributed by atoms with Crippen molar-refractivity contribution < 1.29 is 4.74 Å². The lowest BCUT2D eigenvalue weighted by molar-refractivity contribution is 0.155. The summed E-state index contributed by atoms with van der Waals surface area (Å²) < 4.78 is 5.12. The Morgan fingerprint density at radius 2 is 2.10 bits per heavy atom. The molecular formula is C17H29N3O. The maximum Gasteiger partial charge on any atom is 0.193 e. The zero-order valence-electron chi connectivity index (χ0n) is 13.9. The fourth-order valence-corrected chi connectivity index (χ4v) is 1.92. The summed E-state index contributed by atoms with van der Waals surface area (Å²) in [6.07, 6.45) is 0.961. The Morgan fingerprint density at radius 3 is 2.71 bits per heavy atom. The highest BCUT2D eigenvalue weighted by molar-refractivity contribution is 5.92. The van der Waals surface area contributed by atoms with Crippen LogP contribution in [-0.4, -0.2) is 26.2 Å². The molecule has 0 radical (unpaired) electrons. The minimum Gasteiger partial charge on any atom is -0.385 e. The first kappa shape index (κ1) is 17.5. The number of methoxy groups -OCH3 is 1. The Morgan fingerprint density at radius 1 is 1.38 bits per heavy atom. The monoisotopic (exact) mass is 291 g/mol. The molecular weight excluding hydrogens is 262 g/mol. The van der Waals surface area contributed by atoms with Gasteiger partial charge in [-0.25, -0.2) is 0 Å². The highest BCUT2D eigenvalue weighted by atomic mass is 16.5. The number of nitrogens with zero attached hydrogens (tertiary/aromatic N) is 1. The molecule has 0 aliphatic rings. The molecule has 0 heterocycles. The molecule has 3 N–H and O–H groups in total. The summed E-state index contributed by atoms with van der Waals surface area (Å²) in [6, 6.07) is 8.28. The molecule has 1 rings (SSSR count). The number of guanidine groups is 1. The van der Waals surface area contributed by atoms with Crippen LogP contribution in [0.3, 0.4) is 0 Å². The van der Waals surface area contributed by atoms with Crippen molar-refractivity contribution in [1.82, 2.24) is 0 Å². The van der Waals surface area contributed by atoms with Crippen LogP contribution in [0.5, 0.6) is 0 Å². The van der Waals surface area contributed by atoms with E-state index in [0.29, 0.717) is 18.4 Å². The van der Waals surface area contributed by atoms with E-state index < -0.39 is 0 Å². The number of nitrogens with two attached hydrogens (primary N) is 1. The van der Waals surface area contributed by atoms with Crippen LogP contribution in [0.15, 0.2) is 29.3 Å². The van der Waals surface area contributed by atoms with Gasteiger partial charge < -0.3 is 15.8 Å². The molecule has 0 atom stereocenters. The van der Waals surface area contributed by atoms with Crippen LogP contribution in [0.4, 0.5) is 5.69 Å². The summed E-state index contributed by atoms with van der Waals surface area (Å²) in [5.41, 5.74) is 8.33. The van der Waals surface area contributed by atoms with Crippen LogP contribution >= 0.6 is 0 Å². The molecule has 1 aromatic carbocycles. The number of rotatable bonds is 7. The molecule has 0 spiro atoms. The molecule has 0 aliphatic carbocycles. The van der Waals surface area contributed by atoms with Gasteiger partial charge in [0.1, 0.15) is 0 Å². The summed E-state index contributed by atoms with van der Waals surface area (Å²) in [5.74, 6) is 0.958. The predicted molar refractivity (Wildman–Crippen MR) is 90.9 cm³/mol. The summed E-state index contributed by atoms with van der Waals surface area (Å²) in [4.78, 5) is 4.45. The van der Waals surface area contributed by atoms with E-state index >= 15 is 0 Å².